The highest BCUT2D eigenvalue weighted by molar-refractivity contribution is 5.50. The summed E-state index contributed by atoms with van der Waals surface area (Å²) >= 11 is 0. The predicted molar refractivity (Wildman–Crippen MR) is 77.0 cm³/mol. The summed E-state index contributed by atoms with van der Waals surface area (Å²) in [7, 11) is 0. The quantitative estimate of drug-likeness (QED) is 0.794. The van der Waals surface area contributed by atoms with Gasteiger partial charge in [0.25, 0.3) is 0 Å². The Hall–Kier alpha value is -1.02. The summed E-state index contributed by atoms with van der Waals surface area (Å²) in [5, 5.41) is 3.44. The first-order chi connectivity index (χ1) is 8.75. The van der Waals surface area contributed by atoms with Gasteiger partial charge in [0, 0.05) is 12.2 Å². The molecule has 0 unspecified atom stereocenters. The summed E-state index contributed by atoms with van der Waals surface area (Å²) in [5.41, 5.74) is 2.52. The van der Waals surface area contributed by atoms with E-state index in [0.717, 1.165) is 19.1 Å². The highest BCUT2D eigenvalue weighted by Crippen LogP contribution is 2.25. The molecule has 18 heavy (non-hydrogen) atoms. The smallest absolute Gasteiger partial charge is 0.0642 e. The molecule has 1 aromatic carbocycles. The van der Waals surface area contributed by atoms with Crippen LogP contribution < -0.4 is 5.32 Å². The third kappa shape index (κ3) is 4.02. The molecule has 1 aliphatic rings. The maximum absolute atomic E-state index is 5.93. The van der Waals surface area contributed by atoms with Gasteiger partial charge in [-0.15, -0.1) is 0 Å². The maximum Gasteiger partial charge on any atom is 0.0642 e. The molecule has 2 heteroatoms. The van der Waals surface area contributed by atoms with E-state index in [1.807, 2.05) is 0 Å². The fourth-order valence-electron chi connectivity index (χ4n) is 2.58. The van der Waals surface area contributed by atoms with Gasteiger partial charge < -0.3 is 10.1 Å². The van der Waals surface area contributed by atoms with Crippen molar-refractivity contribution in [3.05, 3.63) is 29.8 Å². The SMILES string of the molecule is Cc1ccccc1NCCOC1CCC(C)CC1. The van der Waals surface area contributed by atoms with Crippen LogP contribution in [0.5, 0.6) is 0 Å². The fourth-order valence-corrected chi connectivity index (χ4v) is 2.58. The Labute approximate surface area is 111 Å². The monoisotopic (exact) mass is 247 g/mol. The van der Waals surface area contributed by atoms with E-state index < -0.39 is 0 Å². The summed E-state index contributed by atoms with van der Waals surface area (Å²) in [6.07, 6.45) is 5.64. The molecule has 1 aromatic rings. The number of hydrogen-bond donors (Lipinski definition) is 1. The van der Waals surface area contributed by atoms with E-state index in [1.165, 1.54) is 36.9 Å². The second kappa shape index (κ2) is 6.79. The molecule has 100 valence electrons. The molecule has 1 fully saturated rings. The van der Waals surface area contributed by atoms with E-state index in [0.29, 0.717) is 6.10 Å². The normalized spacial score (nSPS) is 23.9. The van der Waals surface area contributed by atoms with Gasteiger partial charge in [-0.2, -0.15) is 0 Å². The molecule has 1 saturated carbocycles. The highest BCUT2D eigenvalue weighted by Gasteiger charge is 2.18. The molecule has 0 atom stereocenters. The van der Waals surface area contributed by atoms with Crippen LogP contribution in [0, 0.1) is 12.8 Å². The van der Waals surface area contributed by atoms with Crippen molar-refractivity contribution in [2.45, 2.75) is 45.6 Å². The Morgan fingerprint density at radius 3 is 2.61 bits per heavy atom. The number of anilines is 1. The van der Waals surface area contributed by atoms with Crippen molar-refractivity contribution in [1.82, 2.24) is 0 Å². The lowest BCUT2D eigenvalue weighted by atomic mass is 9.89. The van der Waals surface area contributed by atoms with E-state index >= 15 is 0 Å². The van der Waals surface area contributed by atoms with Crippen molar-refractivity contribution in [2.75, 3.05) is 18.5 Å². The lowest BCUT2D eigenvalue weighted by Gasteiger charge is -2.26. The molecule has 0 aromatic heterocycles. The average Bonchev–Trinajstić information content (AvgIpc) is 2.39. The number of ether oxygens (including phenoxy) is 1. The average molecular weight is 247 g/mol. The molecule has 0 amide bonds. The van der Waals surface area contributed by atoms with E-state index in [9.17, 15) is 0 Å². The van der Waals surface area contributed by atoms with Crippen LogP contribution in [0.1, 0.15) is 38.2 Å². The molecule has 2 rings (SSSR count). The van der Waals surface area contributed by atoms with Crippen LogP contribution in [0.25, 0.3) is 0 Å². The molecule has 1 aliphatic carbocycles. The lowest BCUT2D eigenvalue weighted by Crippen LogP contribution is -2.23. The molecule has 0 aliphatic heterocycles. The predicted octanol–water partition coefficient (Wildman–Crippen LogP) is 4.00. The zero-order valence-corrected chi connectivity index (χ0v) is 11.6. The van der Waals surface area contributed by atoms with Crippen molar-refractivity contribution < 1.29 is 4.74 Å². The van der Waals surface area contributed by atoms with E-state index in [-0.39, 0.29) is 0 Å². The molecular weight excluding hydrogens is 222 g/mol. The highest BCUT2D eigenvalue weighted by atomic mass is 16.5. The number of hydrogen-bond acceptors (Lipinski definition) is 2. The first-order valence-corrected chi connectivity index (χ1v) is 7.17. The minimum Gasteiger partial charge on any atom is -0.383 e. The molecule has 2 nitrogen and oxygen atoms in total. The van der Waals surface area contributed by atoms with Crippen LogP contribution in [0.15, 0.2) is 24.3 Å². The summed E-state index contributed by atoms with van der Waals surface area (Å²) < 4.78 is 5.93. The Kier molecular flexibility index (Phi) is 5.06. The Bertz CT molecular complexity index is 356. The minimum absolute atomic E-state index is 0.500. The number of benzene rings is 1. The molecular formula is C16H25NO. The van der Waals surface area contributed by atoms with Gasteiger partial charge in [-0.3, -0.25) is 0 Å². The summed E-state index contributed by atoms with van der Waals surface area (Å²) in [4.78, 5) is 0. The van der Waals surface area contributed by atoms with Gasteiger partial charge in [0.05, 0.1) is 12.7 Å². The van der Waals surface area contributed by atoms with Crippen molar-refractivity contribution in [1.29, 1.82) is 0 Å². The van der Waals surface area contributed by atoms with Crippen molar-refractivity contribution in [3.8, 4) is 0 Å². The lowest BCUT2D eigenvalue weighted by molar-refractivity contribution is 0.0257. The van der Waals surface area contributed by atoms with Crippen LogP contribution in [0.3, 0.4) is 0 Å². The second-order valence-corrected chi connectivity index (χ2v) is 5.49. The fraction of sp³-hybridized carbons (Fsp3) is 0.625. The first-order valence-electron chi connectivity index (χ1n) is 7.17. The van der Waals surface area contributed by atoms with Gasteiger partial charge in [0.15, 0.2) is 0 Å². The van der Waals surface area contributed by atoms with Crippen LogP contribution >= 0.6 is 0 Å². The molecule has 0 spiro atoms. The number of aryl methyl sites for hydroxylation is 1. The Morgan fingerprint density at radius 1 is 1.17 bits per heavy atom. The topological polar surface area (TPSA) is 21.3 Å². The van der Waals surface area contributed by atoms with Gasteiger partial charge in [0.1, 0.15) is 0 Å². The van der Waals surface area contributed by atoms with Crippen molar-refractivity contribution in [3.63, 3.8) is 0 Å². The van der Waals surface area contributed by atoms with Crippen LogP contribution in [0.4, 0.5) is 5.69 Å². The maximum atomic E-state index is 5.93. The van der Waals surface area contributed by atoms with Crippen molar-refractivity contribution >= 4 is 5.69 Å². The number of para-hydroxylation sites is 1. The third-order valence-electron chi connectivity index (χ3n) is 3.88. The molecule has 0 saturated heterocycles. The first kappa shape index (κ1) is 13.4. The van der Waals surface area contributed by atoms with Gasteiger partial charge in [-0.1, -0.05) is 25.1 Å². The molecule has 0 bridgehead atoms. The Balaban J connectivity index is 1.63. The number of nitrogens with one attached hydrogen (secondary N) is 1. The minimum atomic E-state index is 0.500. The van der Waals surface area contributed by atoms with Crippen LogP contribution in [-0.2, 0) is 4.74 Å². The molecule has 0 heterocycles. The largest absolute Gasteiger partial charge is 0.383 e. The number of rotatable bonds is 5. The Morgan fingerprint density at radius 2 is 1.89 bits per heavy atom. The zero-order chi connectivity index (χ0) is 12.8. The van der Waals surface area contributed by atoms with E-state index in [4.69, 9.17) is 4.74 Å². The van der Waals surface area contributed by atoms with Crippen molar-refractivity contribution in [2.24, 2.45) is 5.92 Å². The standard InChI is InChI=1S/C16H25NO/c1-13-7-9-15(10-8-13)18-12-11-17-16-6-4-3-5-14(16)2/h3-6,13,15,17H,7-12H2,1-2H3. The van der Waals surface area contributed by atoms with E-state index in [1.54, 1.807) is 0 Å². The van der Waals surface area contributed by atoms with Crippen LogP contribution in [-0.4, -0.2) is 19.3 Å². The van der Waals surface area contributed by atoms with E-state index in [2.05, 4.69) is 43.4 Å². The molecule has 1 N–H and O–H groups in total. The molecule has 0 radical (unpaired) electrons. The van der Waals surface area contributed by atoms with Gasteiger partial charge in [0.2, 0.25) is 0 Å². The van der Waals surface area contributed by atoms with Gasteiger partial charge in [-0.25, -0.2) is 0 Å². The summed E-state index contributed by atoms with van der Waals surface area (Å²) in [6, 6.07) is 8.39. The third-order valence-corrected chi connectivity index (χ3v) is 3.88. The second-order valence-electron chi connectivity index (χ2n) is 5.49. The summed E-state index contributed by atoms with van der Waals surface area (Å²) in [5.74, 6) is 0.898. The van der Waals surface area contributed by atoms with Crippen LogP contribution in [0.2, 0.25) is 0 Å². The summed E-state index contributed by atoms with van der Waals surface area (Å²) in [6.45, 7) is 6.19. The zero-order valence-electron chi connectivity index (χ0n) is 11.6. The van der Waals surface area contributed by atoms with Gasteiger partial charge >= 0.3 is 0 Å². The van der Waals surface area contributed by atoms with Gasteiger partial charge in [-0.05, 0) is 50.2 Å².